The Balaban J connectivity index is 2.12. The Bertz CT molecular complexity index is 375. The van der Waals surface area contributed by atoms with Gasteiger partial charge in [-0.1, -0.05) is 6.07 Å². The van der Waals surface area contributed by atoms with Crippen LogP contribution in [0, 0.1) is 5.92 Å². The van der Waals surface area contributed by atoms with Gasteiger partial charge in [0.15, 0.2) is 0 Å². The van der Waals surface area contributed by atoms with Crippen molar-refractivity contribution in [2.24, 2.45) is 5.92 Å². The lowest BCUT2D eigenvalue weighted by Crippen LogP contribution is -2.51. The van der Waals surface area contributed by atoms with Gasteiger partial charge in [-0.3, -0.25) is 4.79 Å². The molecule has 1 aliphatic heterocycles. The number of phenols is 1. The summed E-state index contributed by atoms with van der Waals surface area (Å²) in [5.74, 6) is 0.357. The van der Waals surface area contributed by atoms with Gasteiger partial charge in [0.05, 0.1) is 5.92 Å². The highest BCUT2D eigenvalue weighted by molar-refractivity contribution is 5.95. The predicted octanol–water partition coefficient (Wildman–Crippen LogP) is 0.574. The van der Waals surface area contributed by atoms with Crippen LogP contribution in [-0.2, 0) is 4.79 Å². The van der Waals surface area contributed by atoms with Gasteiger partial charge in [-0.2, -0.15) is 0 Å². The number of nitrogens with zero attached hydrogens (tertiary/aromatic N) is 1. The topological polar surface area (TPSA) is 52.6 Å². The lowest BCUT2D eigenvalue weighted by molar-refractivity contribution is -0.123. The van der Waals surface area contributed by atoms with E-state index in [-0.39, 0.29) is 17.6 Å². The summed E-state index contributed by atoms with van der Waals surface area (Å²) in [6, 6.07) is 6.72. The molecule has 2 N–H and O–H groups in total. The third-order valence-electron chi connectivity index (χ3n) is 2.68. The van der Waals surface area contributed by atoms with E-state index in [4.69, 9.17) is 0 Å². The molecule has 2 rings (SSSR count). The molecule has 0 spiro atoms. The van der Waals surface area contributed by atoms with Crippen LogP contribution in [0.25, 0.3) is 0 Å². The molecule has 1 aromatic rings. The number of aromatic hydroxyl groups is 1. The second-order valence-corrected chi connectivity index (χ2v) is 3.77. The first-order valence-corrected chi connectivity index (χ1v) is 4.96. The number of nitrogens with one attached hydrogen (secondary N) is 1. The maximum Gasteiger partial charge on any atom is 0.232 e. The Morgan fingerprint density at radius 2 is 2.27 bits per heavy atom. The number of rotatable bonds is 2. The van der Waals surface area contributed by atoms with Crippen molar-refractivity contribution < 1.29 is 9.90 Å². The SMILES string of the molecule is CN(C(=O)C1CNC1)c1cccc(O)c1. The molecule has 1 heterocycles. The molecule has 0 bridgehead atoms. The lowest BCUT2D eigenvalue weighted by atomic mass is 10.0. The van der Waals surface area contributed by atoms with Crippen molar-refractivity contribution in [3.63, 3.8) is 0 Å². The number of benzene rings is 1. The molecule has 0 saturated carbocycles. The normalized spacial score (nSPS) is 15.8. The Kier molecular flexibility index (Phi) is 2.60. The Morgan fingerprint density at radius 3 is 2.80 bits per heavy atom. The summed E-state index contributed by atoms with van der Waals surface area (Å²) in [5.41, 5.74) is 0.729. The van der Waals surface area contributed by atoms with E-state index in [2.05, 4.69) is 5.32 Å². The van der Waals surface area contributed by atoms with Gasteiger partial charge in [-0.25, -0.2) is 0 Å². The molecule has 1 aromatic carbocycles. The molecule has 4 nitrogen and oxygen atoms in total. The molecule has 0 aromatic heterocycles. The standard InChI is InChI=1S/C11H14N2O2/c1-13(11(15)8-6-12-7-8)9-3-2-4-10(14)5-9/h2-5,8,12,14H,6-7H2,1H3. The van der Waals surface area contributed by atoms with Crippen molar-refractivity contribution >= 4 is 11.6 Å². The number of carbonyl (C=O) groups is 1. The van der Waals surface area contributed by atoms with Crippen molar-refractivity contribution in [1.82, 2.24) is 5.32 Å². The van der Waals surface area contributed by atoms with Crippen LogP contribution in [0.15, 0.2) is 24.3 Å². The highest BCUT2D eigenvalue weighted by Crippen LogP contribution is 2.21. The maximum absolute atomic E-state index is 11.8. The van der Waals surface area contributed by atoms with Crippen LogP contribution in [0.2, 0.25) is 0 Å². The molecular weight excluding hydrogens is 192 g/mol. The number of carbonyl (C=O) groups excluding carboxylic acids is 1. The summed E-state index contributed by atoms with van der Waals surface area (Å²) in [5, 5.41) is 12.4. The highest BCUT2D eigenvalue weighted by atomic mass is 16.3. The molecule has 4 heteroatoms. The van der Waals surface area contributed by atoms with E-state index in [9.17, 15) is 9.90 Å². The molecule has 0 unspecified atom stereocenters. The molecule has 80 valence electrons. The van der Waals surface area contributed by atoms with Gasteiger partial charge in [-0.05, 0) is 12.1 Å². The minimum Gasteiger partial charge on any atom is -0.508 e. The third kappa shape index (κ3) is 1.94. The zero-order valence-corrected chi connectivity index (χ0v) is 8.60. The first-order chi connectivity index (χ1) is 7.18. The highest BCUT2D eigenvalue weighted by Gasteiger charge is 2.28. The Hall–Kier alpha value is -1.55. The minimum absolute atomic E-state index is 0.0809. The van der Waals surface area contributed by atoms with Gasteiger partial charge in [-0.15, -0.1) is 0 Å². The van der Waals surface area contributed by atoms with Crippen molar-refractivity contribution in [2.45, 2.75) is 0 Å². The van der Waals surface area contributed by atoms with E-state index >= 15 is 0 Å². The van der Waals surface area contributed by atoms with Crippen LogP contribution < -0.4 is 10.2 Å². The first-order valence-electron chi connectivity index (χ1n) is 4.96. The summed E-state index contributed by atoms with van der Waals surface area (Å²) in [7, 11) is 1.73. The Morgan fingerprint density at radius 1 is 1.53 bits per heavy atom. The summed E-state index contributed by atoms with van der Waals surface area (Å²) in [6.45, 7) is 1.50. The smallest absolute Gasteiger partial charge is 0.232 e. The molecule has 15 heavy (non-hydrogen) atoms. The summed E-state index contributed by atoms with van der Waals surface area (Å²) >= 11 is 0. The number of anilines is 1. The van der Waals surface area contributed by atoms with Gasteiger partial charge >= 0.3 is 0 Å². The fraction of sp³-hybridized carbons (Fsp3) is 0.364. The van der Waals surface area contributed by atoms with Crippen LogP contribution in [0.3, 0.4) is 0 Å². The third-order valence-corrected chi connectivity index (χ3v) is 2.68. The molecule has 0 atom stereocenters. The van der Waals surface area contributed by atoms with Crippen molar-refractivity contribution in [1.29, 1.82) is 0 Å². The molecule has 0 radical (unpaired) electrons. The summed E-state index contributed by atoms with van der Waals surface area (Å²) in [4.78, 5) is 13.4. The van der Waals surface area contributed by atoms with Gasteiger partial charge in [0.2, 0.25) is 5.91 Å². The van der Waals surface area contributed by atoms with Crippen LogP contribution in [0.1, 0.15) is 0 Å². The lowest BCUT2D eigenvalue weighted by Gasteiger charge is -2.30. The quantitative estimate of drug-likeness (QED) is 0.744. The van der Waals surface area contributed by atoms with E-state index in [1.807, 2.05) is 6.07 Å². The molecule has 1 amide bonds. The second kappa shape index (κ2) is 3.90. The van der Waals surface area contributed by atoms with E-state index < -0.39 is 0 Å². The number of hydrogen-bond donors (Lipinski definition) is 2. The van der Waals surface area contributed by atoms with Crippen LogP contribution in [0.5, 0.6) is 5.75 Å². The van der Waals surface area contributed by atoms with Crippen LogP contribution in [-0.4, -0.2) is 31.2 Å². The number of hydrogen-bond acceptors (Lipinski definition) is 3. The van der Waals surface area contributed by atoms with E-state index in [1.54, 1.807) is 30.1 Å². The minimum atomic E-state index is 0.0809. The Labute approximate surface area is 88.5 Å². The van der Waals surface area contributed by atoms with E-state index in [0.29, 0.717) is 0 Å². The fourth-order valence-corrected chi connectivity index (χ4v) is 1.57. The van der Waals surface area contributed by atoms with Crippen molar-refractivity contribution in [3.8, 4) is 5.75 Å². The molecule has 1 fully saturated rings. The first kappa shape index (κ1) is 9.98. The zero-order chi connectivity index (χ0) is 10.8. The summed E-state index contributed by atoms with van der Waals surface area (Å²) in [6.07, 6.45) is 0. The molecule has 0 aliphatic carbocycles. The largest absolute Gasteiger partial charge is 0.508 e. The average Bonchev–Trinajstić information content (AvgIpc) is 2.14. The monoisotopic (exact) mass is 206 g/mol. The van der Waals surface area contributed by atoms with Crippen LogP contribution in [0.4, 0.5) is 5.69 Å². The predicted molar refractivity (Wildman–Crippen MR) is 57.9 cm³/mol. The zero-order valence-electron chi connectivity index (χ0n) is 8.60. The maximum atomic E-state index is 11.8. The fourth-order valence-electron chi connectivity index (χ4n) is 1.57. The number of amides is 1. The summed E-state index contributed by atoms with van der Waals surface area (Å²) < 4.78 is 0. The van der Waals surface area contributed by atoms with Gasteiger partial charge in [0.25, 0.3) is 0 Å². The number of phenolic OH excluding ortho intramolecular Hbond substituents is 1. The average molecular weight is 206 g/mol. The molecule has 1 aliphatic rings. The van der Waals surface area contributed by atoms with Crippen molar-refractivity contribution in [3.05, 3.63) is 24.3 Å². The van der Waals surface area contributed by atoms with Crippen molar-refractivity contribution in [2.75, 3.05) is 25.0 Å². The van der Waals surface area contributed by atoms with Gasteiger partial charge in [0, 0.05) is 31.9 Å². The van der Waals surface area contributed by atoms with Crippen LogP contribution >= 0.6 is 0 Å². The van der Waals surface area contributed by atoms with Gasteiger partial charge < -0.3 is 15.3 Å². The molecular formula is C11H14N2O2. The van der Waals surface area contributed by atoms with E-state index in [0.717, 1.165) is 18.8 Å². The van der Waals surface area contributed by atoms with Gasteiger partial charge in [0.1, 0.15) is 5.75 Å². The van der Waals surface area contributed by atoms with E-state index in [1.165, 1.54) is 0 Å². The second-order valence-electron chi connectivity index (χ2n) is 3.77. The molecule has 1 saturated heterocycles.